The molecule has 0 saturated carbocycles. The number of benzene rings is 1. The summed E-state index contributed by atoms with van der Waals surface area (Å²) in [5.74, 6) is -2.10. The maximum Gasteiger partial charge on any atom is 0.200 e. The van der Waals surface area contributed by atoms with Gasteiger partial charge in [-0.1, -0.05) is 12.7 Å². The summed E-state index contributed by atoms with van der Waals surface area (Å²) in [7, 11) is 0. The Morgan fingerprint density at radius 1 is 1.26 bits per heavy atom. The number of aliphatic hydroxyl groups excluding tert-OH is 2. The molecular formula is C14H14O5. The number of rotatable bonds is 4. The molecule has 0 atom stereocenters. The van der Waals surface area contributed by atoms with E-state index in [-0.39, 0.29) is 16.9 Å². The first kappa shape index (κ1) is 14.4. The Morgan fingerprint density at radius 3 is 2.37 bits per heavy atom. The summed E-state index contributed by atoms with van der Waals surface area (Å²) in [4.78, 5) is 12.1. The number of aliphatic hydroxyl groups is 2. The second-order valence-electron chi connectivity index (χ2n) is 3.75. The maximum absolute atomic E-state index is 12.1. The largest absolute Gasteiger partial charge is 0.508 e. The zero-order chi connectivity index (χ0) is 14.6. The third-order valence-corrected chi connectivity index (χ3v) is 2.34. The van der Waals surface area contributed by atoms with Crippen LogP contribution in [0.1, 0.15) is 17.3 Å². The van der Waals surface area contributed by atoms with E-state index >= 15 is 0 Å². The molecule has 0 aliphatic heterocycles. The molecule has 1 aromatic rings. The molecule has 0 heterocycles. The minimum Gasteiger partial charge on any atom is -0.508 e. The zero-order valence-electron chi connectivity index (χ0n) is 10.3. The van der Waals surface area contributed by atoms with Gasteiger partial charge >= 0.3 is 0 Å². The second kappa shape index (κ2) is 5.77. The number of ketones is 1. The van der Waals surface area contributed by atoms with Gasteiger partial charge in [-0.05, 0) is 19.1 Å². The standard InChI is InChI=1S/C14H14O5/c1-3-10(12(17)6-8(2)15)14(19)11-5-4-9(16)7-13(11)18/h3-7,15-18H,2H2,1H3/b10-3+,12-6+. The summed E-state index contributed by atoms with van der Waals surface area (Å²) in [5.41, 5.74) is -0.175. The highest BCUT2D eigenvalue weighted by Crippen LogP contribution is 2.26. The summed E-state index contributed by atoms with van der Waals surface area (Å²) in [6.45, 7) is 4.69. The highest BCUT2D eigenvalue weighted by molar-refractivity contribution is 6.12. The number of hydrogen-bond acceptors (Lipinski definition) is 5. The van der Waals surface area contributed by atoms with Crippen molar-refractivity contribution in [1.29, 1.82) is 0 Å². The number of allylic oxidation sites excluding steroid dienone is 3. The lowest BCUT2D eigenvalue weighted by Crippen LogP contribution is -2.06. The van der Waals surface area contributed by atoms with E-state index in [1.54, 1.807) is 0 Å². The van der Waals surface area contributed by atoms with Crippen LogP contribution in [0.3, 0.4) is 0 Å². The molecule has 1 rings (SSSR count). The minimum absolute atomic E-state index is 0.0746. The molecule has 5 nitrogen and oxygen atoms in total. The fourth-order valence-electron chi connectivity index (χ4n) is 1.49. The van der Waals surface area contributed by atoms with Crippen LogP contribution in [0.5, 0.6) is 11.5 Å². The molecule has 0 saturated heterocycles. The van der Waals surface area contributed by atoms with Crippen molar-refractivity contribution < 1.29 is 25.2 Å². The predicted molar refractivity (Wildman–Crippen MR) is 70.3 cm³/mol. The third kappa shape index (κ3) is 3.38. The number of carbonyl (C=O) groups excluding carboxylic acids is 1. The molecule has 19 heavy (non-hydrogen) atoms. The van der Waals surface area contributed by atoms with E-state index in [9.17, 15) is 15.0 Å². The quantitative estimate of drug-likeness (QED) is 0.289. The minimum atomic E-state index is -0.644. The second-order valence-corrected chi connectivity index (χ2v) is 3.75. The van der Waals surface area contributed by atoms with Gasteiger partial charge in [0.15, 0.2) is 5.78 Å². The Hall–Kier alpha value is -2.69. The van der Waals surface area contributed by atoms with Gasteiger partial charge in [-0.25, -0.2) is 0 Å². The van der Waals surface area contributed by atoms with Crippen LogP contribution in [0, 0.1) is 0 Å². The Balaban J connectivity index is 3.21. The van der Waals surface area contributed by atoms with Gasteiger partial charge in [0.25, 0.3) is 0 Å². The monoisotopic (exact) mass is 262 g/mol. The summed E-state index contributed by atoms with van der Waals surface area (Å²) in [6, 6.07) is 3.50. The predicted octanol–water partition coefficient (Wildman–Crippen LogP) is 2.74. The molecule has 4 N–H and O–H groups in total. The molecule has 0 aliphatic carbocycles. The number of Topliss-reactive ketones (excluding diaryl/α,β-unsaturated/α-hetero) is 1. The Labute approximate surface area is 110 Å². The lowest BCUT2D eigenvalue weighted by molar-refractivity contribution is 0.102. The van der Waals surface area contributed by atoms with Crippen molar-refractivity contribution in [2.45, 2.75) is 6.92 Å². The Kier molecular flexibility index (Phi) is 4.36. The van der Waals surface area contributed by atoms with Crippen molar-refractivity contribution in [3.8, 4) is 11.5 Å². The SMILES string of the molecule is C=C(O)/C=C(O)\C(=C/C)C(=O)c1ccc(O)cc1O. The van der Waals surface area contributed by atoms with E-state index < -0.39 is 23.1 Å². The average Bonchev–Trinajstić information content (AvgIpc) is 2.28. The highest BCUT2D eigenvalue weighted by Gasteiger charge is 2.19. The Bertz CT molecular complexity index is 581. The highest BCUT2D eigenvalue weighted by atomic mass is 16.3. The van der Waals surface area contributed by atoms with Crippen molar-refractivity contribution in [1.82, 2.24) is 0 Å². The van der Waals surface area contributed by atoms with Gasteiger partial charge < -0.3 is 20.4 Å². The van der Waals surface area contributed by atoms with Gasteiger partial charge in [0.2, 0.25) is 0 Å². The maximum atomic E-state index is 12.1. The summed E-state index contributed by atoms with van der Waals surface area (Å²) in [6.07, 6.45) is 2.26. The molecule has 100 valence electrons. The van der Waals surface area contributed by atoms with E-state index in [2.05, 4.69) is 6.58 Å². The van der Waals surface area contributed by atoms with E-state index in [0.717, 1.165) is 12.1 Å². The fourth-order valence-corrected chi connectivity index (χ4v) is 1.49. The van der Waals surface area contributed by atoms with Crippen LogP contribution in [0.25, 0.3) is 0 Å². The number of phenolic OH excluding ortho intramolecular Hbond substituents is 2. The lowest BCUT2D eigenvalue weighted by atomic mass is 10.00. The molecule has 0 aromatic heterocycles. The van der Waals surface area contributed by atoms with Crippen LogP contribution in [-0.2, 0) is 0 Å². The molecule has 0 fully saturated rings. The molecule has 0 spiro atoms. The van der Waals surface area contributed by atoms with Crippen molar-refractivity contribution >= 4 is 5.78 Å². The smallest absolute Gasteiger partial charge is 0.200 e. The summed E-state index contributed by atoms with van der Waals surface area (Å²) < 4.78 is 0. The van der Waals surface area contributed by atoms with Crippen LogP contribution in [0.15, 0.2) is 54.0 Å². The van der Waals surface area contributed by atoms with Gasteiger partial charge in [0, 0.05) is 12.1 Å². The van der Waals surface area contributed by atoms with Crippen molar-refractivity contribution in [3.63, 3.8) is 0 Å². The first-order valence-electron chi connectivity index (χ1n) is 5.38. The van der Waals surface area contributed by atoms with Gasteiger partial charge in [-0.15, -0.1) is 0 Å². The summed E-state index contributed by atoms with van der Waals surface area (Å²) >= 11 is 0. The molecular weight excluding hydrogens is 248 g/mol. The normalized spacial score (nSPS) is 12.3. The van der Waals surface area contributed by atoms with Crippen LogP contribution in [0.4, 0.5) is 0 Å². The lowest BCUT2D eigenvalue weighted by Gasteiger charge is -2.07. The van der Waals surface area contributed by atoms with Crippen molar-refractivity contribution in [2.24, 2.45) is 0 Å². The molecule has 0 aliphatic rings. The number of hydrogen-bond donors (Lipinski definition) is 4. The van der Waals surface area contributed by atoms with Crippen LogP contribution in [0.2, 0.25) is 0 Å². The van der Waals surface area contributed by atoms with Gasteiger partial charge in [-0.3, -0.25) is 4.79 Å². The first-order valence-corrected chi connectivity index (χ1v) is 5.38. The topological polar surface area (TPSA) is 98.0 Å². The van der Waals surface area contributed by atoms with Gasteiger partial charge in [0.05, 0.1) is 11.1 Å². The Morgan fingerprint density at radius 2 is 1.89 bits per heavy atom. The third-order valence-electron chi connectivity index (χ3n) is 2.34. The molecule has 0 bridgehead atoms. The van der Waals surface area contributed by atoms with E-state index in [1.807, 2.05) is 0 Å². The summed E-state index contributed by atoms with van der Waals surface area (Å²) in [5, 5.41) is 37.4. The van der Waals surface area contributed by atoms with E-state index in [1.165, 1.54) is 25.1 Å². The average molecular weight is 262 g/mol. The zero-order valence-corrected chi connectivity index (χ0v) is 10.3. The fraction of sp³-hybridized carbons (Fsp3) is 0.0714. The van der Waals surface area contributed by atoms with Gasteiger partial charge in [-0.2, -0.15) is 0 Å². The molecule has 0 radical (unpaired) electrons. The van der Waals surface area contributed by atoms with Crippen LogP contribution >= 0.6 is 0 Å². The molecule has 0 amide bonds. The van der Waals surface area contributed by atoms with E-state index in [0.29, 0.717) is 0 Å². The molecule has 5 heteroatoms. The number of phenols is 2. The first-order chi connectivity index (χ1) is 8.86. The number of carbonyl (C=O) groups is 1. The number of aromatic hydroxyl groups is 2. The molecule has 1 aromatic carbocycles. The van der Waals surface area contributed by atoms with Crippen LogP contribution in [-0.4, -0.2) is 26.2 Å². The van der Waals surface area contributed by atoms with Crippen LogP contribution < -0.4 is 0 Å². The van der Waals surface area contributed by atoms with Crippen molar-refractivity contribution in [2.75, 3.05) is 0 Å². The van der Waals surface area contributed by atoms with E-state index in [4.69, 9.17) is 10.2 Å². The van der Waals surface area contributed by atoms with Crippen molar-refractivity contribution in [3.05, 3.63) is 59.6 Å². The van der Waals surface area contributed by atoms with Gasteiger partial charge in [0.1, 0.15) is 23.0 Å². The molecule has 0 unspecified atom stereocenters.